The Kier molecular flexibility index (Phi) is 4.86. The highest BCUT2D eigenvalue weighted by Crippen LogP contribution is 2.30. The van der Waals surface area contributed by atoms with Gasteiger partial charge in [-0.2, -0.15) is 0 Å². The quantitative estimate of drug-likeness (QED) is 0.639. The van der Waals surface area contributed by atoms with Gasteiger partial charge in [0.05, 0.1) is 16.0 Å². The monoisotopic (exact) mass is 275 g/mol. The molecule has 0 spiro atoms. The van der Waals surface area contributed by atoms with Crippen molar-refractivity contribution in [1.82, 2.24) is 0 Å². The first-order valence-corrected chi connectivity index (χ1v) is 5.83. The van der Waals surface area contributed by atoms with Crippen LogP contribution in [0.25, 0.3) is 0 Å². The Morgan fingerprint density at radius 1 is 1.56 bits per heavy atom. The molecule has 0 fully saturated rings. The molecule has 0 saturated carbocycles. The third-order valence-electron chi connectivity index (χ3n) is 2.62. The summed E-state index contributed by atoms with van der Waals surface area (Å²) in [6.07, 6.45) is 0. The summed E-state index contributed by atoms with van der Waals surface area (Å²) in [7, 11) is 0. The molecule has 0 saturated heterocycles. The molecule has 100 valence electrons. The van der Waals surface area contributed by atoms with Crippen molar-refractivity contribution >= 4 is 23.0 Å². The van der Waals surface area contributed by atoms with Gasteiger partial charge in [0.1, 0.15) is 11.5 Å². The Labute approximate surface area is 109 Å². The van der Waals surface area contributed by atoms with Crippen LogP contribution in [0.4, 0.5) is 15.8 Å². The van der Waals surface area contributed by atoms with E-state index in [0.29, 0.717) is 6.54 Å². The van der Waals surface area contributed by atoms with Crippen LogP contribution in [0, 0.1) is 21.8 Å². The van der Waals surface area contributed by atoms with Crippen LogP contribution in [0.5, 0.6) is 0 Å². The number of benzene rings is 1. The van der Waals surface area contributed by atoms with E-state index >= 15 is 0 Å². The Hall–Kier alpha value is -1.40. The molecule has 1 unspecified atom stereocenters. The van der Waals surface area contributed by atoms with Gasteiger partial charge in [0.2, 0.25) is 0 Å². The van der Waals surface area contributed by atoms with Gasteiger partial charge in [-0.15, -0.1) is 0 Å². The second-order valence-electron chi connectivity index (χ2n) is 4.33. The lowest BCUT2D eigenvalue weighted by Crippen LogP contribution is -2.34. The molecule has 0 bridgehead atoms. The number of nitrogens with one attached hydrogen (secondary N) is 1. The van der Waals surface area contributed by atoms with Gasteiger partial charge >= 0.3 is 0 Å². The molecule has 0 radical (unpaired) electrons. The number of hydrogen-bond donors (Lipinski definition) is 2. The maximum absolute atomic E-state index is 13.2. The Morgan fingerprint density at radius 3 is 2.67 bits per heavy atom. The average molecular weight is 276 g/mol. The lowest BCUT2D eigenvalue weighted by Gasteiger charge is -2.17. The molecular formula is C11H15ClFN3O2. The second-order valence-corrected chi connectivity index (χ2v) is 4.74. The summed E-state index contributed by atoms with van der Waals surface area (Å²) >= 11 is 5.60. The van der Waals surface area contributed by atoms with Gasteiger partial charge in [0.15, 0.2) is 0 Å². The van der Waals surface area contributed by atoms with E-state index in [1.165, 1.54) is 6.07 Å². The third-order valence-corrected chi connectivity index (χ3v) is 2.91. The van der Waals surface area contributed by atoms with E-state index < -0.39 is 10.7 Å². The van der Waals surface area contributed by atoms with Crippen molar-refractivity contribution in [3.63, 3.8) is 0 Å². The lowest BCUT2D eigenvalue weighted by molar-refractivity contribution is -0.384. The Morgan fingerprint density at radius 2 is 2.17 bits per heavy atom. The van der Waals surface area contributed by atoms with E-state index in [9.17, 15) is 14.5 Å². The topological polar surface area (TPSA) is 81.2 Å². The molecule has 3 N–H and O–H groups in total. The van der Waals surface area contributed by atoms with Crippen molar-refractivity contribution in [3.8, 4) is 0 Å². The molecule has 1 rings (SSSR count). The van der Waals surface area contributed by atoms with E-state index in [1.807, 2.05) is 13.8 Å². The maximum Gasteiger partial charge on any atom is 0.295 e. The van der Waals surface area contributed by atoms with Gasteiger partial charge in [-0.25, -0.2) is 4.39 Å². The largest absolute Gasteiger partial charge is 0.378 e. The predicted molar refractivity (Wildman–Crippen MR) is 69.4 cm³/mol. The van der Waals surface area contributed by atoms with Crippen LogP contribution in [0.15, 0.2) is 12.1 Å². The molecule has 0 aliphatic heterocycles. The molecule has 5 nitrogen and oxygen atoms in total. The highest BCUT2D eigenvalue weighted by atomic mass is 35.5. The average Bonchev–Trinajstić information content (AvgIpc) is 2.29. The first-order chi connectivity index (χ1) is 8.32. The normalized spacial score (nSPS) is 12.6. The fourth-order valence-electron chi connectivity index (χ4n) is 1.29. The van der Waals surface area contributed by atoms with Crippen LogP contribution in [0.2, 0.25) is 5.02 Å². The van der Waals surface area contributed by atoms with Crippen LogP contribution in [-0.2, 0) is 0 Å². The fraction of sp³-hybridized carbons (Fsp3) is 0.455. The first-order valence-electron chi connectivity index (χ1n) is 5.45. The number of nitrogens with two attached hydrogens (primary N) is 1. The van der Waals surface area contributed by atoms with Gasteiger partial charge in [0, 0.05) is 12.6 Å². The third kappa shape index (κ3) is 3.54. The first kappa shape index (κ1) is 14.7. The Balaban J connectivity index is 2.93. The van der Waals surface area contributed by atoms with E-state index in [-0.39, 0.29) is 28.4 Å². The number of rotatable bonds is 5. The van der Waals surface area contributed by atoms with E-state index in [1.54, 1.807) is 0 Å². The molecule has 0 amide bonds. The zero-order valence-corrected chi connectivity index (χ0v) is 10.9. The summed E-state index contributed by atoms with van der Waals surface area (Å²) < 4.78 is 13.2. The molecule has 7 heteroatoms. The minimum Gasteiger partial charge on any atom is -0.378 e. The zero-order chi connectivity index (χ0) is 13.9. The van der Waals surface area contributed by atoms with Crippen molar-refractivity contribution in [2.45, 2.75) is 19.9 Å². The summed E-state index contributed by atoms with van der Waals surface area (Å²) in [5, 5.41) is 13.4. The molecule has 18 heavy (non-hydrogen) atoms. The summed E-state index contributed by atoms with van der Waals surface area (Å²) in [6, 6.07) is 1.83. The lowest BCUT2D eigenvalue weighted by atomic mass is 10.1. The minimum absolute atomic E-state index is 0.159. The minimum atomic E-state index is -0.818. The van der Waals surface area contributed by atoms with Crippen molar-refractivity contribution in [3.05, 3.63) is 33.1 Å². The van der Waals surface area contributed by atoms with Crippen molar-refractivity contribution in [2.24, 2.45) is 11.7 Å². The van der Waals surface area contributed by atoms with Crippen LogP contribution in [0.3, 0.4) is 0 Å². The number of anilines is 1. The summed E-state index contributed by atoms with van der Waals surface area (Å²) in [5.41, 5.74) is 5.63. The number of halogens is 2. The van der Waals surface area contributed by atoms with E-state index in [0.717, 1.165) is 6.07 Å². The maximum atomic E-state index is 13.2. The molecule has 1 aromatic rings. The zero-order valence-electron chi connectivity index (χ0n) is 10.1. The van der Waals surface area contributed by atoms with E-state index in [4.69, 9.17) is 17.3 Å². The smallest absolute Gasteiger partial charge is 0.295 e. The Bertz CT molecular complexity index is 454. The number of nitro benzene ring substituents is 1. The van der Waals surface area contributed by atoms with Crippen molar-refractivity contribution in [2.75, 3.05) is 11.9 Å². The van der Waals surface area contributed by atoms with Gasteiger partial charge in [-0.3, -0.25) is 10.1 Å². The molecule has 0 aromatic heterocycles. The summed E-state index contributed by atoms with van der Waals surface area (Å²) in [6.45, 7) is 4.23. The fourth-order valence-corrected chi connectivity index (χ4v) is 1.46. The van der Waals surface area contributed by atoms with E-state index in [2.05, 4.69) is 5.32 Å². The van der Waals surface area contributed by atoms with Crippen LogP contribution in [-0.4, -0.2) is 17.5 Å². The highest BCUT2D eigenvalue weighted by Gasteiger charge is 2.18. The molecule has 1 atom stereocenters. The van der Waals surface area contributed by atoms with Gasteiger partial charge < -0.3 is 11.1 Å². The predicted octanol–water partition coefficient (Wildman–Crippen LogP) is 2.78. The van der Waals surface area contributed by atoms with Gasteiger partial charge in [-0.05, 0) is 12.0 Å². The SMILES string of the molecule is CC(C)C(N)CNc1cc(Cl)c(F)cc1[N+](=O)[O-]. The summed E-state index contributed by atoms with van der Waals surface area (Å²) in [4.78, 5) is 10.1. The van der Waals surface area contributed by atoms with Gasteiger partial charge in [-0.1, -0.05) is 25.4 Å². The van der Waals surface area contributed by atoms with Crippen LogP contribution in [0.1, 0.15) is 13.8 Å². The van der Waals surface area contributed by atoms with Crippen molar-refractivity contribution in [1.29, 1.82) is 0 Å². The number of nitro groups is 1. The molecule has 0 aliphatic rings. The number of nitrogens with zero attached hydrogens (tertiary/aromatic N) is 1. The standard InChI is InChI=1S/C11H15ClFN3O2/c1-6(2)9(14)5-15-10-3-7(12)8(13)4-11(10)16(17)18/h3-4,6,9,15H,5,14H2,1-2H3. The molecule has 0 heterocycles. The molecule has 0 aliphatic carbocycles. The molecule has 1 aromatic carbocycles. The summed E-state index contributed by atoms with van der Waals surface area (Å²) in [5.74, 6) is -0.588. The number of hydrogen-bond acceptors (Lipinski definition) is 4. The van der Waals surface area contributed by atoms with Crippen LogP contribution >= 0.6 is 11.6 Å². The molecular weight excluding hydrogens is 261 g/mol. The van der Waals surface area contributed by atoms with Gasteiger partial charge in [0.25, 0.3) is 5.69 Å². The highest BCUT2D eigenvalue weighted by molar-refractivity contribution is 6.31. The van der Waals surface area contributed by atoms with Crippen LogP contribution < -0.4 is 11.1 Å². The van der Waals surface area contributed by atoms with Crippen molar-refractivity contribution < 1.29 is 9.31 Å². The second kappa shape index (κ2) is 5.97.